The quantitative estimate of drug-likeness (QED) is 0.795. The highest BCUT2D eigenvalue weighted by Gasteiger charge is 2.19. The molecule has 0 unspecified atom stereocenters. The molecule has 0 saturated carbocycles. The third kappa shape index (κ3) is 4.18. The number of anilines is 1. The van der Waals surface area contributed by atoms with Crippen LogP contribution in [0.4, 0.5) is 5.00 Å². The zero-order valence-electron chi connectivity index (χ0n) is 11.6. The predicted molar refractivity (Wildman–Crippen MR) is 83.2 cm³/mol. The molecule has 0 aliphatic rings. The van der Waals surface area contributed by atoms with Crippen LogP contribution < -0.4 is 9.46 Å². The van der Waals surface area contributed by atoms with Gasteiger partial charge in [0, 0.05) is 0 Å². The van der Waals surface area contributed by atoms with Crippen molar-refractivity contribution in [3.63, 3.8) is 0 Å². The highest BCUT2D eigenvalue weighted by molar-refractivity contribution is 7.92. The number of methoxy groups -OCH3 is 1. The molecule has 0 atom stereocenters. The van der Waals surface area contributed by atoms with E-state index in [1.165, 1.54) is 5.51 Å². The van der Waals surface area contributed by atoms with Crippen molar-refractivity contribution in [3.8, 4) is 5.75 Å². The summed E-state index contributed by atoms with van der Waals surface area (Å²) in [6, 6.07) is 7.07. The minimum atomic E-state index is -3.65. The highest BCUT2D eigenvalue weighted by Crippen LogP contribution is 2.22. The molecule has 0 bridgehead atoms. The van der Waals surface area contributed by atoms with E-state index in [2.05, 4.69) is 9.71 Å². The van der Waals surface area contributed by atoms with Gasteiger partial charge in [0.2, 0.25) is 10.0 Å². The van der Waals surface area contributed by atoms with Crippen molar-refractivity contribution in [3.05, 3.63) is 41.0 Å². The van der Waals surface area contributed by atoms with Crippen LogP contribution >= 0.6 is 11.3 Å². The Morgan fingerprint density at radius 1 is 1.36 bits per heavy atom. The van der Waals surface area contributed by atoms with E-state index in [-0.39, 0.29) is 16.4 Å². The number of sulfonamides is 1. The van der Waals surface area contributed by atoms with Gasteiger partial charge >= 0.3 is 5.97 Å². The summed E-state index contributed by atoms with van der Waals surface area (Å²) in [5.74, 6) is -0.731. The molecule has 1 aromatic heterocycles. The van der Waals surface area contributed by atoms with Crippen molar-refractivity contribution in [2.24, 2.45) is 0 Å². The predicted octanol–water partition coefficient (Wildman–Crippen LogP) is 1.83. The van der Waals surface area contributed by atoms with Crippen LogP contribution in [0.1, 0.15) is 16.1 Å². The first kappa shape index (κ1) is 16.2. The molecule has 2 rings (SSSR count). The van der Waals surface area contributed by atoms with E-state index < -0.39 is 16.0 Å². The number of benzene rings is 1. The Bertz CT molecular complexity index is 753. The maximum absolute atomic E-state index is 12.0. The molecule has 7 nitrogen and oxygen atoms in total. The molecule has 0 saturated heterocycles. The Morgan fingerprint density at radius 2 is 2.05 bits per heavy atom. The lowest BCUT2D eigenvalue weighted by molar-refractivity contribution is 0.0692. The summed E-state index contributed by atoms with van der Waals surface area (Å²) in [6.45, 7) is 0. The van der Waals surface area contributed by atoms with Crippen LogP contribution in [0.2, 0.25) is 0 Å². The fourth-order valence-electron chi connectivity index (χ4n) is 1.71. The molecule has 2 N–H and O–H groups in total. The largest absolute Gasteiger partial charge is 0.497 e. The number of carboxylic acid groups (broad SMARTS) is 1. The number of aromatic carboxylic acids is 1. The topological polar surface area (TPSA) is 106 Å². The van der Waals surface area contributed by atoms with Crippen molar-refractivity contribution in [1.29, 1.82) is 0 Å². The number of aromatic nitrogens is 1. The Kier molecular flexibility index (Phi) is 4.99. The van der Waals surface area contributed by atoms with Gasteiger partial charge in [-0.05, 0) is 24.1 Å². The number of nitrogens with one attached hydrogen (secondary N) is 1. The molecule has 9 heteroatoms. The average molecular weight is 342 g/mol. The first-order valence-electron chi connectivity index (χ1n) is 6.21. The van der Waals surface area contributed by atoms with Gasteiger partial charge < -0.3 is 9.84 Å². The summed E-state index contributed by atoms with van der Waals surface area (Å²) in [5, 5.41) is 8.92. The second-order valence-corrected chi connectivity index (χ2v) is 7.05. The number of hydrogen-bond donors (Lipinski definition) is 2. The summed E-state index contributed by atoms with van der Waals surface area (Å²) in [7, 11) is -2.09. The number of nitrogens with zero attached hydrogens (tertiary/aromatic N) is 1. The lowest BCUT2D eigenvalue weighted by Crippen LogP contribution is -2.19. The van der Waals surface area contributed by atoms with Gasteiger partial charge in [-0.3, -0.25) is 4.72 Å². The Hall–Kier alpha value is -2.13. The second kappa shape index (κ2) is 6.75. The molecular weight excluding hydrogens is 328 g/mol. The van der Waals surface area contributed by atoms with Gasteiger partial charge in [-0.25, -0.2) is 18.2 Å². The van der Waals surface area contributed by atoms with Crippen LogP contribution in [0.25, 0.3) is 0 Å². The zero-order valence-corrected chi connectivity index (χ0v) is 13.3. The lowest BCUT2D eigenvalue weighted by atomic mass is 10.2. The number of rotatable bonds is 7. The number of aryl methyl sites for hydroxylation is 1. The number of hydrogen-bond acceptors (Lipinski definition) is 6. The van der Waals surface area contributed by atoms with Gasteiger partial charge in [0.25, 0.3) is 0 Å². The van der Waals surface area contributed by atoms with Crippen LogP contribution in [0.3, 0.4) is 0 Å². The Balaban J connectivity index is 2.01. The van der Waals surface area contributed by atoms with Crippen molar-refractivity contribution in [1.82, 2.24) is 4.98 Å². The number of carbonyl (C=O) groups is 1. The number of ether oxygens (including phenoxy) is 1. The van der Waals surface area contributed by atoms with Gasteiger partial charge in [0.05, 0.1) is 18.4 Å². The standard InChI is InChI=1S/C13H14N2O5S2/c1-20-10-4-2-9(3-5-10)6-7-22(18,19)15-12-11(13(16)17)14-8-21-12/h2-5,8,15H,6-7H2,1H3,(H,16,17). The number of carboxylic acids is 1. The lowest BCUT2D eigenvalue weighted by Gasteiger charge is -2.07. The van der Waals surface area contributed by atoms with Gasteiger partial charge in [-0.1, -0.05) is 12.1 Å². The summed E-state index contributed by atoms with van der Waals surface area (Å²) in [6.07, 6.45) is 0.306. The molecular formula is C13H14N2O5S2. The van der Waals surface area contributed by atoms with E-state index in [4.69, 9.17) is 9.84 Å². The van der Waals surface area contributed by atoms with Gasteiger partial charge in [-0.15, -0.1) is 11.3 Å². The minimum Gasteiger partial charge on any atom is -0.497 e. The molecule has 0 aliphatic carbocycles. The first-order valence-corrected chi connectivity index (χ1v) is 8.74. The first-order chi connectivity index (χ1) is 10.4. The fourth-order valence-corrected chi connectivity index (χ4v) is 3.78. The second-order valence-electron chi connectivity index (χ2n) is 4.35. The third-order valence-electron chi connectivity index (χ3n) is 2.84. The molecule has 1 aromatic carbocycles. The molecule has 2 aromatic rings. The van der Waals surface area contributed by atoms with Crippen LogP contribution in [-0.2, 0) is 16.4 Å². The van der Waals surface area contributed by atoms with Crippen molar-refractivity contribution >= 4 is 32.3 Å². The van der Waals surface area contributed by atoms with E-state index in [9.17, 15) is 13.2 Å². The third-order valence-corrected chi connectivity index (χ3v) is 4.96. The summed E-state index contributed by atoms with van der Waals surface area (Å²) in [4.78, 5) is 14.5. The van der Waals surface area contributed by atoms with Crippen LogP contribution in [0.15, 0.2) is 29.8 Å². The molecule has 0 amide bonds. The minimum absolute atomic E-state index is 0.0160. The van der Waals surface area contributed by atoms with Crippen LogP contribution in [-0.4, -0.2) is 37.3 Å². The van der Waals surface area contributed by atoms with Crippen LogP contribution in [0.5, 0.6) is 5.75 Å². The molecule has 22 heavy (non-hydrogen) atoms. The summed E-state index contributed by atoms with van der Waals surface area (Å²) in [5.41, 5.74) is 1.83. The maximum Gasteiger partial charge on any atom is 0.357 e. The normalized spacial score (nSPS) is 11.1. The Labute approximate surface area is 131 Å². The van der Waals surface area contributed by atoms with E-state index in [0.717, 1.165) is 16.9 Å². The van der Waals surface area contributed by atoms with Crippen LogP contribution in [0, 0.1) is 0 Å². The molecule has 118 valence electrons. The summed E-state index contributed by atoms with van der Waals surface area (Å²) < 4.78 is 31.3. The maximum atomic E-state index is 12.0. The van der Waals surface area contributed by atoms with Gasteiger partial charge in [0.15, 0.2) is 5.69 Å². The smallest absolute Gasteiger partial charge is 0.357 e. The van der Waals surface area contributed by atoms with E-state index in [1.54, 1.807) is 31.4 Å². The molecule has 0 aliphatic heterocycles. The molecule has 1 heterocycles. The number of thiazole rings is 1. The van der Waals surface area contributed by atoms with Crippen molar-refractivity contribution in [2.75, 3.05) is 17.6 Å². The van der Waals surface area contributed by atoms with Gasteiger partial charge in [0.1, 0.15) is 10.8 Å². The molecule has 0 fully saturated rings. The Morgan fingerprint density at radius 3 is 2.64 bits per heavy atom. The zero-order chi connectivity index (χ0) is 16.2. The van der Waals surface area contributed by atoms with E-state index in [1.807, 2.05) is 0 Å². The van der Waals surface area contributed by atoms with Gasteiger partial charge in [-0.2, -0.15) is 0 Å². The highest BCUT2D eigenvalue weighted by atomic mass is 32.2. The monoisotopic (exact) mass is 342 g/mol. The van der Waals surface area contributed by atoms with Crippen molar-refractivity contribution in [2.45, 2.75) is 6.42 Å². The average Bonchev–Trinajstić information content (AvgIpc) is 2.93. The van der Waals surface area contributed by atoms with E-state index in [0.29, 0.717) is 12.2 Å². The molecule has 0 spiro atoms. The van der Waals surface area contributed by atoms with E-state index >= 15 is 0 Å². The summed E-state index contributed by atoms with van der Waals surface area (Å²) >= 11 is 0.933. The SMILES string of the molecule is COc1ccc(CCS(=O)(=O)Nc2scnc2C(=O)O)cc1. The fraction of sp³-hybridized carbons (Fsp3) is 0.231. The molecule has 0 radical (unpaired) electrons. The van der Waals surface area contributed by atoms with Crippen molar-refractivity contribution < 1.29 is 23.1 Å².